The lowest BCUT2D eigenvalue weighted by molar-refractivity contribution is -0.119. The standard InChI is InChI=1S/C20H22BrClN2O4/c1-26-17-10-16(18(27-2)9-15(17)22)23-20(25)12-24-6-7-28-19(11-24)13-4-3-5-14(21)8-13/h3-5,8-10,19H,6-7,11-12H2,1-2H3,(H,23,25). The topological polar surface area (TPSA) is 60.0 Å². The lowest BCUT2D eigenvalue weighted by atomic mass is 10.1. The zero-order chi connectivity index (χ0) is 20.1. The molecule has 0 radical (unpaired) electrons. The Bertz CT molecular complexity index is 849. The van der Waals surface area contributed by atoms with Gasteiger partial charge in [0.05, 0.1) is 44.2 Å². The van der Waals surface area contributed by atoms with Crippen LogP contribution in [0.1, 0.15) is 11.7 Å². The van der Waals surface area contributed by atoms with E-state index in [9.17, 15) is 4.79 Å². The summed E-state index contributed by atoms with van der Waals surface area (Å²) in [5, 5.41) is 3.30. The maximum atomic E-state index is 12.6. The second-order valence-corrected chi connectivity index (χ2v) is 7.71. The number of methoxy groups -OCH3 is 2. The van der Waals surface area contributed by atoms with Crippen molar-refractivity contribution in [3.63, 3.8) is 0 Å². The molecule has 0 aliphatic carbocycles. The normalized spacial score (nSPS) is 17.2. The van der Waals surface area contributed by atoms with Crippen molar-refractivity contribution >= 4 is 39.1 Å². The number of benzene rings is 2. The fraction of sp³-hybridized carbons (Fsp3) is 0.350. The van der Waals surface area contributed by atoms with Crippen LogP contribution < -0.4 is 14.8 Å². The Labute approximate surface area is 177 Å². The lowest BCUT2D eigenvalue weighted by Crippen LogP contribution is -2.42. The van der Waals surface area contributed by atoms with Gasteiger partial charge in [0.25, 0.3) is 0 Å². The van der Waals surface area contributed by atoms with E-state index in [4.69, 9.17) is 25.8 Å². The smallest absolute Gasteiger partial charge is 0.238 e. The molecule has 3 rings (SSSR count). The quantitative estimate of drug-likeness (QED) is 0.689. The number of halogens is 2. The van der Waals surface area contributed by atoms with Crippen molar-refractivity contribution < 1.29 is 19.0 Å². The first-order chi connectivity index (χ1) is 13.5. The number of morpholine rings is 1. The monoisotopic (exact) mass is 468 g/mol. The van der Waals surface area contributed by atoms with Crippen LogP contribution in [0.25, 0.3) is 0 Å². The summed E-state index contributed by atoms with van der Waals surface area (Å²) in [6, 6.07) is 11.3. The molecular formula is C20H22BrClN2O4. The Morgan fingerprint density at radius 1 is 1.29 bits per heavy atom. The van der Waals surface area contributed by atoms with Crippen LogP contribution in [0.2, 0.25) is 5.02 Å². The summed E-state index contributed by atoms with van der Waals surface area (Å²) < 4.78 is 17.4. The van der Waals surface area contributed by atoms with E-state index in [0.717, 1.165) is 10.0 Å². The average Bonchev–Trinajstić information content (AvgIpc) is 2.69. The molecule has 2 aromatic carbocycles. The van der Waals surface area contributed by atoms with Gasteiger partial charge in [0, 0.05) is 29.7 Å². The molecule has 1 fully saturated rings. The molecule has 1 aliphatic rings. The minimum atomic E-state index is -0.141. The van der Waals surface area contributed by atoms with Crippen LogP contribution in [-0.4, -0.2) is 51.3 Å². The number of carbonyl (C=O) groups is 1. The van der Waals surface area contributed by atoms with Gasteiger partial charge in [0.1, 0.15) is 11.5 Å². The van der Waals surface area contributed by atoms with Crippen molar-refractivity contribution in [3.05, 3.63) is 51.5 Å². The molecule has 1 heterocycles. The fourth-order valence-electron chi connectivity index (χ4n) is 3.11. The van der Waals surface area contributed by atoms with Gasteiger partial charge in [0.15, 0.2) is 0 Å². The molecule has 1 aliphatic heterocycles. The molecule has 1 unspecified atom stereocenters. The Morgan fingerprint density at radius 2 is 2.07 bits per heavy atom. The Kier molecular flexibility index (Phi) is 7.18. The van der Waals surface area contributed by atoms with Crippen molar-refractivity contribution in [2.45, 2.75) is 6.10 Å². The predicted octanol–water partition coefficient (Wildman–Crippen LogP) is 4.13. The second kappa shape index (κ2) is 9.60. The van der Waals surface area contributed by atoms with Crippen molar-refractivity contribution in [1.82, 2.24) is 4.90 Å². The molecule has 1 saturated heterocycles. The first-order valence-corrected chi connectivity index (χ1v) is 9.98. The van der Waals surface area contributed by atoms with Gasteiger partial charge in [-0.25, -0.2) is 0 Å². The van der Waals surface area contributed by atoms with Gasteiger partial charge in [-0.05, 0) is 17.7 Å². The van der Waals surface area contributed by atoms with Gasteiger partial charge in [0.2, 0.25) is 5.91 Å². The number of hydrogen-bond donors (Lipinski definition) is 1. The van der Waals surface area contributed by atoms with Crippen molar-refractivity contribution in [3.8, 4) is 11.5 Å². The molecule has 1 atom stereocenters. The average molecular weight is 470 g/mol. The minimum absolute atomic E-state index is 0.0655. The molecule has 0 bridgehead atoms. The Hall–Kier alpha value is -1.80. The van der Waals surface area contributed by atoms with E-state index in [1.165, 1.54) is 14.2 Å². The number of carbonyl (C=O) groups excluding carboxylic acids is 1. The molecule has 0 saturated carbocycles. The molecule has 2 aromatic rings. The zero-order valence-corrected chi connectivity index (χ0v) is 18.0. The van der Waals surface area contributed by atoms with Gasteiger partial charge in [-0.2, -0.15) is 0 Å². The highest BCUT2D eigenvalue weighted by Crippen LogP contribution is 2.36. The van der Waals surface area contributed by atoms with E-state index in [2.05, 4.69) is 26.1 Å². The van der Waals surface area contributed by atoms with Crippen LogP contribution in [0.3, 0.4) is 0 Å². The Morgan fingerprint density at radius 3 is 2.79 bits per heavy atom. The number of amides is 1. The summed E-state index contributed by atoms with van der Waals surface area (Å²) in [4.78, 5) is 14.7. The molecule has 1 amide bonds. The van der Waals surface area contributed by atoms with Crippen LogP contribution in [0.4, 0.5) is 5.69 Å². The van der Waals surface area contributed by atoms with Gasteiger partial charge in [-0.3, -0.25) is 9.69 Å². The largest absolute Gasteiger partial charge is 0.495 e. The van der Waals surface area contributed by atoms with Crippen LogP contribution in [0.15, 0.2) is 40.9 Å². The summed E-state index contributed by atoms with van der Waals surface area (Å²) in [5.41, 5.74) is 1.61. The fourth-order valence-corrected chi connectivity index (χ4v) is 3.75. The van der Waals surface area contributed by atoms with E-state index in [1.54, 1.807) is 12.1 Å². The van der Waals surface area contributed by atoms with E-state index in [1.807, 2.05) is 24.3 Å². The first kappa shape index (κ1) is 20.9. The van der Waals surface area contributed by atoms with Crippen LogP contribution >= 0.6 is 27.5 Å². The highest BCUT2D eigenvalue weighted by molar-refractivity contribution is 9.10. The molecule has 28 heavy (non-hydrogen) atoms. The zero-order valence-electron chi connectivity index (χ0n) is 15.7. The number of ether oxygens (including phenoxy) is 3. The predicted molar refractivity (Wildman–Crippen MR) is 112 cm³/mol. The van der Waals surface area contributed by atoms with Crippen molar-refractivity contribution in [2.75, 3.05) is 45.8 Å². The third kappa shape index (κ3) is 5.17. The highest BCUT2D eigenvalue weighted by atomic mass is 79.9. The maximum Gasteiger partial charge on any atom is 0.238 e. The number of hydrogen-bond acceptors (Lipinski definition) is 5. The van der Waals surface area contributed by atoms with Crippen molar-refractivity contribution in [2.24, 2.45) is 0 Å². The third-order valence-electron chi connectivity index (χ3n) is 4.49. The molecular weight excluding hydrogens is 448 g/mol. The lowest BCUT2D eigenvalue weighted by Gasteiger charge is -2.32. The summed E-state index contributed by atoms with van der Waals surface area (Å²) in [5.74, 6) is 0.810. The summed E-state index contributed by atoms with van der Waals surface area (Å²) >= 11 is 9.60. The maximum absolute atomic E-state index is 12.6. The SMILES string of the molecule is COc1cc(NC(=O)CN2CCOC(c3cccc(Br)c3)C2)c(OC)cc1Cl. The number of anilines is 1. The molecule has 1 N–H and O–H groups in total. The van der Waals surface area contributed by atoms with Gasteiger partial charge >= 0.3 is 0 Å². The molecule has 8 heteroatoms. The van der Waals surface area contributed by atoms with E-state index >= 15 is 0 Å². The first-order valence-electron chi connectivity index (χ1n) is 8.81. The number of nitrogens with one attached hydrogen (secondary N) is 1. The van der Waals surface area contributed by atoms with Gasteiger partial charge < -0.3 is 19.5 Å². The van der Waals surface area contributed by atoms with Crippen LogP contribution in [-0.2, 0) is 9.53 Å². The molecule has 6 nitrogen and oxygen atoms in total. The molecule has 150 valence electrons. The van der Waals surface area contributed by atoms with E-state index in [0.29, 0.717) is 41.9 Å². The summed E-state index contributed by atoms with van der Waals surface area (Å²) in [6.07, 6.45) is -0.0655. The van der Waals surface area contributed by atoms with Crippen LogP contribution in [0.5, 0.6) is 11.5 Å². The minimum Gasteiger partial charge on any atom is -0.495 e. The Balaban J connectivity index is 1.65. The summed E-state index contributed by atoms with van der Waals surface area (Å²) in [7, 11) is 3.05. The molecule has 0 spiro atoms. The van der Waals surface area contributed by atoms with E-state index < -0.39 is 0 Å². The second-order valence-electron chi connectivity index (χ2n) is 6.38. The highest BCUT2D eigenvalue weighted by Gasteiger charge is 2.24. The number of nitrogens with zero attached hydrogens (tertiary/aromatic N) is 1. The third-order valence-corrected chi connectivity index (χ3v) is 5.27. The van der Waals surface area contributed by atoms with Crippen LogP contribution in [0, 0.1) is 0 Å². The van der Waals surface area contributed by atoms with Crippen molar-refractivity contribution in [1.29, 1.82) is 0 Å². The van der Waals surface area contributed by atoms with Gasteiger partial charge in [-0.1, -0.05) is 39.7 Å². The summed E-state index contributed by atoms with van der Waals surface area (Å²) in [6.45, 7) is 2.16. The number of rotatable bonds is 6. The van der Waals surface area contributed by atoms with Gasteiger partial charge in [-0.15, -0.1) is 0 Å². The molecule has 0 aromatic heterocycles. The van der Waals surface area contributed by atoms with E-state index in [-0.39, 0.29) is 18.6 Å².